The molecule has 1 aromatic carbocycles. The Hall–Kier alpha value is -3.61. The Bertz CT molecular complexity index is 1010. The first-order valence-corrected chi connectivity index (χ1v) is 9.52. The topological polar surface area (TPSA) is 78.7 Å². The van der Waals surface area contributed by atoms with Gasteiger partial charge in [0.05, 0.1) is 6.26 Å². The van der Waals surface area contributed by atoms with Crippen LogP contribution >= 0.6 is 0 Å². The number of nitrogens with one attached hydrogen (secondary N) is 1. The van der Waals surface area contributed by atoms with Crippen LogP contribution in [0.1, 0.15) is 26.6 Å². The molecule has 2 amide bonds. The summed E-state index contributed by atoms with van der Waals surface area (Å²) in [5, 5.41) is 2.91. The van der Waals surface area contributed by atoms with Gasteiger partial charge in [0.25, 0.3) is 11.8 Å². The third-order valence-electron chi connectivity index (χ3n) is 5.03. The first-order valence-electron chi connectivity index (χ1n) is 9.52. The van der Waals surface area contributed by atoms with E-state index in [-0.39, 0.29) is 11.8 Å². The monoisotopic (exact) mass is 390 g/mol. The standard InChI is InChI=1S/C22H22N4O3/c1-16-5-2-3-6-18(16)24-21(27)19-15-17(8-9-23-19)25-10-12-26(13-11-25)22(28)20-7-4-14-29-20/h2-9,14-15H,10-13H2,1H3,(H,24,27). The van der Waals surface area contributed by atoms with Crippen molar-refractivity contribution >= 4 is 23.2 Å². The number of aryl methyl sites for hydroxylation is 1. The summed E-state index contributed by atoms with van der Waals surface area (Å²) in [7, 11) is 0. The number of piperazine rings is 1. The highest BCUT2D eigenvalue weighted by Crippen LogP contribution is 2.20. The lowest BCUT2D eigenvalue weighted by molar-refractivity contribution is 0.0714. The van der Waals surface area contributed by atoms with E-state index in [1.807, 2.05) is 37.3 Å². The van der Waals surface area contributed by atoms with Crippen molar-refractivity contribution in [1.29, 1.82) is 0 Å². The molecule has 3 aromatic rings. The van der Waals surface area contributed by atoms with E-state index in [9.17, 15) is 9.59 Å². The van der Waals surface area contributed by atoms with Gasteiger partial charge in [-0.15, -0.1) is 0 Å². The molecule has 148 valence electrons. The maximum Gasteiger partial charge on any atom is 0.289 e. The minimum absolute atomic E-state index is 0.0947. The number of benzene rings is 1. The van der Waals surface area contributed by atoms with Crippen LogP contribution in [0.25, 0.3) is 0 Å². The molecule has 1 aliphatic rings. The third-order valence-corrected chi connectivity index (χ3v) is 5.03. The zero-order valence-electron chi connectivity index (χ0n) is 16.2. The Morgan fingerprint density at radius 3 is 2.55 bits per heavy atom. The van der Waals surface area contributed by atoms with Gasteiger partial charge >= 0.3 is 0 Å². The first-order chi connectivity index (χ1) is 14.1. The summed E-state index contributed by atoms with van der Waals surface area (Å²) in [6.45, 7) is 4.48. The second kappa shape index (κ2) is 8.18. The van der Waals surface area contributed by atoms with Gasteiger partial charge in [0.15, 0.2) is 5.76 Å². The van der Waals surface area contributed by atoms with Gasteiger partial charge in [-0.1, -0.05) is 18.2 Å². The molecule has 7 nitrogen and oxygen atoms in total. The molecule has 7 heteroatoms. The van der Waals surface area contributed by atoms with Crippen LogP contribution in [-0.4, -0.2) is 47.9 Å². The average Bonchev–Trinajstić information content (AvgIpc) is 3.30. The highest BCUT2D eigenvalue weighted by molar-refractivity contribution is 6.03. The van der Waals surface area contributed by atoms with Gasteiger partial charge in [-0.3, -0.25) is 14.6 Å². The fourth-order valence-electron chi connectivity index (χ4n) is 3.36. The summed E-state index contributed by atoms with van der Waals surface area (Å²) in [5.74, 6) is 0.0213. The highest BCUT2D eigenvalue weighted by Gasteiger charge is 2.24. The number of carbonyl (C=O) groups is 2. The van der Waals surface area contributed by atoms with Gasteiger partial charge in [-0.25, -0.2) is 0 Å². The minimum atomic E-state index is -0.243. The normalized spacial score (nSPS) is 14.0. The third kappa shape index (κ3) is 4.13. The van der Waals surface area contributed by atoms with Crippen LogP contribution in [-0.2, 0) is 0 Å². The quantitative estimate of drug-likeness (QED) is 0.740. The molecule has 0 atom stereocenters. The summed E-state index contributed by atoms with van der Waals surface area (Å²) < 4.78 is 5.20. The van der Waals surface area contributed by atoms with Crippen LogP contribution in [0, 0.1) is 6.92 Å². The lowest BCUT2D eigenvalue weighted by atomic mass is 10.2. The lowest BCUT2D eigenvalue weighted by Gasteiger charge is -2.35. The predicted molar refractivity (Wildman–Crippen MR) is 110 cm³/mol. The number of pyridine rings is 1. The molecule has 0 bridgehead atoms. The molecular weight excluding hydrogens is 368 g/mol. The molecule has 3 heterocycles. The van der Waals surface area contributed by atoms with E-state index in [4.69, 9.17) is 4.42 Å². The SMILES string of the molecule is Cc1ccccc1NC(=O)c1cc(N2CCN(C(=O)c3ccco3)CC2)ccn1. The summed E-state index contributed by atoms with van der Waals surface area (Å²) in [6.07, 6.45) is 3.15. The molecule has 0 radical (unpaired) electrons. The molecule has 1 saturated heterocycles. The van der Waals surface area contributed by atoms with Crippen LogP contribution in [0.5, 0.6) is 0 Å². The second-order valence-electron chi connectivity index (χ2n) is 6.92. The number of furan rings is 1. The van der Waals surface area contributed by atoms with Crippen LogP contribution in [0.4, 0.5) is 11.4 Å². The predicted octanol–water partition coefficient (Wildman–Crippen LogP) is 3.20. The number of carbonyl (C=O) groups excluding carboxylic acids is 2. The maximum absolute atomic E-state index is 12.6. The van der Waals surface area contributed by atoms with Crippen molar-refractivity contribution in [3.63, 3.8) is 0 Å². The van der Waals surface area contributed by atoms with Crippen LogP contribution in [0.15, 0.2) is 65.4 Å². The molecule has 1 aliphatic heterocycles. The van der Waals surface area contributed by atoms with Gasteiger partial charge in [-0.05, 0) is 42.8 Å². The van der Waals surface area contributed by atoms with E-state index in [2.05, 4.69) is 15.2 Å². The van der Waals surface area contributed by atoms with Crippen molar-refractivity contribution in [2.24, 2.45) is 0 Å². The Balaban J connectivity index is 1.41. The average molecular weight is 390 g/mol. The van der Waals surface area contributed by atoms with E-state index < -0.39 is 0 Å². The molecular formula is C22H22N4O3. The summed E-state index contributed by atoms with van der Waals surface area (Å²) in [5.41, 5.74) is 3.05. The van der Waals surface area contributed by atoms with Gasteiger partial charge in [0, 0.05) is 43.8 Å². The molecule has 0 saturated carbocycles. The molecule has 29 heavy (non-hydrogen) atoms. The zero-order valence-corrected chi connectivity index (χ0v) is 16.2. The fourth-order valence-corrected chi connectivity index (χ4v) is 3.36. The highest BCUT2D eigenvalue weighted by atomic mass is 16.3. The van der Waals surface area contributed by atoms with E-state index in [0.29, 0.717) is 37.6 Å². The van der Waals surface area contributed by atoms with Crippen molar-refractivity contribution < 1.29 is 14.0 Å². The number of amides is 2. The van der Waals surface area contributed by atoms with Crippen molar-refractivity contribution in [3.05, 3.63) is 78.0 Å². The number of hydrogen-bond acceptors (Lipinski definition) is 5. The summed E-state index contributed by atoms with van der Waals surface area (Å²) >= 11 is 0. The van der Waals surface area contributed by atoms with Crippen molar-refractivity contribution in [2.45, 2.75) is 6.92 Å². The van der Waals surface area contributed by atoms with Gasteiger partial charge in [0.1, 0.15) is 5.69 Å². The number of hydrogen-bond donors (Lipinski definition) is 1. The Labute approximate surface area is 169 Å². The van der Waals surface area contributed by atoms with Crippen LogP contribution < -0.4 is 10.2 Å². The fraction of sp³-hybridized carbons (Fsp3) is 0.227. The van der Waals surface area contributed by atoms with E-state index in [0.717, 1.165) is 16.9 Å². The minimum Gasteiger partial charge on any atom is -0.459 e. The molecule has 1 N–H and O–H groups in total. The van der Waals surface area contributed by atoms with Crippen molar-refractivity contribution in [1.82, 2.24) is 9.88 Å². The largest absolute Gasteiger partial charge is 0.459 e. The lowest BCUT2D eigenvalue weighted by Crippen LogP contribution is -2.48. The van der Waals surface area contributed by atoms with Crippen LogP contribution in [0.3, 0.4) is 0 Å². The van der Waals surface area contributed by atoms with Crippen molar-refractivity contribution in [3.8, 4) is 0 Å². The zero-order chi connectivity index (χ0) is 20.2. The smallest absolute Gasteiger partial charge is 0.289 e. The number of nitrogens with zero attached hydrogens (tertiary/aromatic N) is 3. The van der Waals surface area contributed by atoms with Crippen LogP contribution in [0.2, 0.25) is 0 Å². The molecule has 0 spiro atoms. The maximum atomic E-state index is 12.6. The van der Waals surface area contributed by atoms with E-state index in [1.54, 1.807) is 29.3 Å². The molecule has 0 aliphatic carbocycles. The van der Waals surface area contributed by atoms with Crippen molar-refractivity contribution in [2.75, 3.05) is 36.4 Å². The molecule has 4 rings (SSSR count). The van der Waals surface area contributed by atoms with Gasteiger partial charge in [-0.2, -0.15) is 0 Å². The van der Waals surface area contributed by atoms with E-state index >= 15 is 0 Å². The van der Waals surface area contributed by atoms with E-state index in [1.165, 1.54) is 6.26 Å². The summed E-state index contributed by atoms with van der Waals surface area (Å²) in [6, 6.07) is 14.7. The Morgan fingerprint density at radius 2 is 1.83 bits per heavy atom. The Morgan fingerprint density at radius 1 is 1.03 bits per heavy atom. The second-order valence-corrected chi connectivity index (χ2v) is 6.92. The Kier molecular flexibility index (Phi) is 5.29. The molecule has 0 unspecified atom stereocenters. The van der Waals surface area contributed by atoms with Gasteiger partial charge in [0.2, 0.25) is 0 Å². The first kappa shape index (κ1) is 18.7. The van der Waals surface area contributed by atoms with Gasteiger partial charge < -0.3 is 19.5 Å². The molecule has 2 aromatic heterocycles. The number of anilines is 2. The summed E-state index contributed by atoms with van der Waals surface area (Å²) in [4.78, 5) is 33.2. The number of aromatic nitrogens is 1. The number of rotatable bonds is 4. The molecule has 1 fully saturated rings. The number of para-hydroxylation sites is 1.